The fourth-order valence-electron chi connectivity index (χ4n) is 4.14. The first kappa shape index (κ1) is 31.3. The first-order chi connectivity index (χ1) is 17.5. The van der Waals surface area contributed by atoms with Crippen LogP contribution in [0, 0.1) is 0 Å². The summed E-state index contributed by atoms with van der Waals surface area (Å²) in [7, 11) is 0.411. The van der Waals surface area contributed by atoms with Crippen molar-refractivity contribution in [3.63, 3.8) is 0 Å². The van der Waals surface area contributed by atoms with Crippen LogP contribution in [0.25, 0.3) is 0 Å². The normalized spacial score (nSPS) is 23.8. The summed E-state index contributed by atoms with van der Waals surface area (Å²) in [4.78, 5) is 22.2. The average Bonchev–Trinajstić information content (AvgIpc) is 3.13. The standard InChI is InChI=1S/C23H39N2O11P/c1-33-18-9-14(10-19(34-2)23(18)35-3)5-6-20(28)24-7-4-8-36-37(31,32)13-15(27)11-16-21(29)22(30)17(12-26)25-16/h9-10,15-17,21-22,25-27,29-30H,4-8,11-13H2,1-3H3,(H,24,28)(H,31,32)/t15-,16-,17-,21-,22-/m1/s1. The van der Waals surface area contributed by atoms with Gasteiger partial charge < -0.3 is 54.7 Å². The quantitative estimate of drug-likeness (QED) is 0.0997. The lowest BCUT2D eigenvalue weighted by Gasteiger charge is -2.21. The Balaban J connectivity index is 1.68. The second kappa shape index (κ2) is 14.8. The molecule has 0 radical (unpaired) electrons. The number of aliphatic hydroxyl groups excluding tert-OH is 4. The van der Waals surface area contributed by atoms with Crippen molar-refractivity contribution in [2.24, 2.45) is 0 Å². The number of ether oxygens (including phenoxy) is 3. The van der Waals surface area contributed by atoms with Crippen LogP contribution in [0.4, 0.5) is 0 Å². The summed E-state index contributed by atoms with van der Waals surface area (Å²) in [6.45, 7) is -0.271. The van der Waals surface area contributed by atoms with E-state index in [1.165, 1.54) is 21.3 Å². The topological polar surface area (TPSA) is 196 Å². The van der Waals surface area contributed by atoms with Crippen LogP contribution in [0.15, 0.2) is 12.1 Å². The highest BCUT2D eigenvalue weighted by atomic mass is 31.2. The Kier molecular flexibility index (Phi) is 12.5. The summed E-state index contributed by atoms with van der Waals surface area (Å²) in [5.41, 5.74) is 0.828. The Hall–Kier alpha value is -1.96. The second-order valence-corrected chi connectivity index (χ2v) is 10.7. The van der Waals surface area contributed by atoms with Gasteiger partial charge in [0, 0.05) is 19.0 Å². The molecule has 6 atom stereocenters. The van der Waals surface area contributed by atoms with Crippen molar-refractivity contribution >= 4 is 13.5 Å². The lowest BCUT2D eigenvalue weighted by molar-refractivity contribution is -0.121. The van der Waals surface area contributed by atoms with Crippen LogP contribution in [0.2, 0.25) is 0 Å². The zero-order chi connectivity index (χ0) is 27.6. The van der Waals surface area contributed by atoms with Crippen molar-refractivity contribution in [1.82, 2.24) is 10.6 Å². The van der Waals surface area contributed by atoms with E-state index in [9.17, 15) is 29.6 Å². The molecule has 1 heterocycles. The monoisotopic (exact) mass is 550 g/mol. The van der Waals surface area contributed by atoms with Gasteiger partial charge >= 0.3 is 7.60 Å². The molecule has 0 spiro atoms. The maximum atomic E-state index is 12.3. The number of benzene rings is 1. The van der Waals surface area contributed by atoms with Crippen molar-refractivity contribution in [2.75, 3.05) is 47.2 Å². The highest BCUT2D eigenvalue weighted by Gasteiger charge is 2.41. The molecule has 7 N–H and O–H groups in total. The largest absolute Gasteiger partial charge is 0.493 e. The Morgan fingerprint density at radius 1 is 1.11 bits per heavy atom. The Morgan fingerprint density at radius 2 is 1.73 bits per heavy atom. The maximum Gasteiger partial charge on any atom is 0.330 e. The summed E-state index contributed by atoms with van der Waals surface area (Å²) in [6, 6.07) is 2.07. The van der Waals surface area contributed by atoms with E-state index in [1.807, 2.05) is 0 Å². The summed E-state index contributed by atoms with van der Waals surface area (Å²) < 4.78 is 33.2. The molecular weight excluding hydrogens is 511 g/mol. The predicted octanol–water partition coefficient (Wildman–Crippen LogP) is -0.841. The molecule has 1 aromatic carbocycles. The van der Waals surface area contributed by atoms with Crippen LogP contribution >= 0.6 is 7.60 Å². The van der Waals surface area contributed by atoms with Gasteiger partial charge in [-0.25, -0.2) is 0 Å². The number of aryl methyl sites for hydroxylation is 1. The van der Waals surface area contributed by atoms with Crippen LogP contribution < -0.4 is 24.8 Å². The molecule has 1 saturated heterocycles. The Bertz CT molecular complexity index is 894. The highest BCUT2D eigenvalue weighted by Crippen LogP contribution is 2.43. The van der Waals surface area contributed by atoms with Crippen molar-refractivity contribution in [3.05, 3.63) is 17.7 Å². The van der Waals surface area contributed by atoms with Crippen LogP contribution in [-0.4, -0.2) is 109 Å². The molecule has 0 aliphatic carbocycles. The summed E-state index contributed by atoms with van der Waals surface area (Å²) in [6.07, 6.45) is -3.43. The fourth-order valence-corrected chi connectivity index (χ4v) is 5.34. The van der Waals surface area contributed by atoms with Gasteiger partial charge in [0.05, 0.1) is 65.1 Å². The van der Waals surface area contributed by atoms with E-state index in [-0.39, 0.29) is 38.3 Å². The molecule has 1 aliphatic rings. The summed E-state index contributed by atoms with van der Waals surface area (Å²) in [5.74, 6) is 1.25. The van der Waals surface area contributed by atoms with Crippen molar-refractivity contribution in [3.8, 4) is 17.2 Å². The minimum atomic E-state index is -4.12. The van der Waals surface area contributed by atoms with E-state index in [0.29, 0.717) is 23.7 Å². The van der Waals surface area contributed by atoms with Gasteiger partial charge in [-0.2, -0.15) is 0 Å². The molecule has 13 nitrogen and oxygen atoms in total. The highest BCUT2D eigenvalue weighted by molar-refractivity contribution is 7.52. The van der Waals surface area contributed by atoms with Gasteiger partial charge in [-0.3, -0.25) is 9.36 Å². The lowest BCUT2D eigenvalue weighted by Crippen LogP contribution is -2.38. The van der Waals surface area contributed by atoms with E-state index in [1.54, 1.807) is 12.1 Å². The molecule has 1 aromatic rings. The van der Waals surface area contributed by atoms with Crippen LogP contribution in [-0.2, 0) is 20.3 Å². The number of carbonyl (C=O) groups is 1. The molecule has 0 saturated carbocycles. The van der Waals surface area contributed by atoms with E-state index < -0.39 is 50.8 Å². The number of amides is 1. The van der Waals surface area contributed by atoms with Gasteiger partial charge in [0.25, 0.3) is 0 Å². The van der Waals surface area contributed by atoms with Crippen molar-refractivity contribution in [1.29, 1.82) is 0 Å². The average molecular weight is 551 g/mol. The number of aliphatic hydroxyl groups is 4. The molecule has 0 aromatic heterocycles. The number of carbonyl (C=O) groups excluding carboxylic acids is 1. The second-order valence-electron chi connectivity index (χ2n) is 8.82. The SMILES string of the molecule is COc1cc(CCC(=O)NCCCOP(=O)(O)C[C@H](O)C[C@H]2N[C@H](CO)[C@@H](O)[C@@H]2O)cc(OC)c1OC. The number of nitrogens with one attached hydrogen (secondary N) is 2. The maximum absolute atomic E-state index is 12.3. The smallest absolute Gasteiger partial charge is 0.330 e. The zero-order valence-electron chi connectivity index (χ0n) is 21.3. The molecule has 2 rings (SSSR count). The van der Waals surface area contributed by atoms with Gasteiger partial charge in [-0.1, -0.05) is 0 Å². The molecule has 37 heavy (non-hydrogen) atoms. The van der Waals surface area contributed by atoms with Crippen molar-refractivity contribution in [2.45, 2.75) is 56.1 Å². The van der Waals surface area contributed by atoms with Gasteiger partial charge in [0.15, 0.2) is 11.5 Å². The first-order valence-electron chi connectivity index (χ1n) is 12.0. The molecule has 1 fully saturated rings. The molecule has 1 amide bonds. The van der Waals surface area contributed by atoms with Crippen LogP contribution in [0.5, 0.6) is 17.2 Å². The number of hydrogen-bond acceptors (Lipinski definition) is 11. The predicted molar refractivity (Wildman–Crippen MR) is 133 cm³/mol. The molecule has 212 valence electrons. The third-order valence-electron chi connectivity index (χ3n) is 6.07. The minimum absolute atomic E-state index is 0.107. The van der Waals surface area contributed by atoms with E-state index >= 15 is 0 Å². The van der Waals surface area contributed by atoms with Crippen LogP contribution in [0.1, 0.15) is 24.8 Å². The van der Waals surface area contributed by atoms with Crippen molar-refractivity contribution < 1.29 is 53.4 Å². The van der Waals surface area contributed by atoms with Crippen LogP contribution in [0.3, 0.4) is 0 Å². The van der Waals surface area contributed by atoms with E-state index in [2.05, 4.69) is 10.6 Å². The molecule has 14 heteroatoms. The zero-order valence-corrected chi connectivity index (χ0v) is 22.2. The third kappa shape index (κ3) is 9.38. The molecule has 1 aliphatic heterocycles. The lowest BCUT2D eigenvalue weighted by atomic mass is 10.0. The third-order valence-corrected chi connectivity index (χ3v) is 7.54. The Morgan fingerprint density at radius 3 is 2.27 bits per heavy atom. The van der Waals surface area contributed by atoms with Gasteiger partial charge in [-0.15, -0.1) is 0 Å². The number of methoxy groups -OCH3 is 3. The van der Waals surface area contributed by atoms with Gasteiger partial charge in [-0.05, 0) is 37.0 Å². The number of rotatable bonds is 16. The Labute approximate surface area is 216 Å². The van der Waals surface area contributed by atoms with E-state index in [4.69, 9.17) is 23.8 Å². The fraction of sp³-hybridized carbons (Fsp3) is 0.696. The first-order valence-corrected chi connectivity index (χ1v) is 13.7. The van der Waals surface area contributed by atoms with Gasteiger partial charge in [0.1, 0.15) is 0 Å². The summed E-state index contributed by atoms with van der Waals surface area (Å²) >= 11 is 0. The molecule has 1 unspecified atom stereocenters. The minimum Gasteiger partial charge on any atom is -0.493 e. The molecular formula is C23H39N2O11P. The van der Waals surface area contributed by atoms with Gasteiger partial charge in [0.2, 0.25) is 11.7 Å². The van der Waals surface area contributed by atoms with E-state index in [0.717, 1.165) is 5.56 Å². The summed E-state index contributed by atoms with van der Waals surface area (Å²) in [5, 5.41) is 44.6. The number of hydrogen-bond donors (Lipinski definition) is 7. The molecule has 0 bridgehead atoms.